The molecule has 1 heterocycles. The first-order chi connectivity index (χ1) is 7.25. The summed E-state index contributed by atoms with van der Waals surface area (Å²) in [6.07, 6.45) is 0. The van der Waals surface area contributed by atoms with E-state index in [0.717, 1.165) is 17.2 Å². The number of benzene rings is 1. The molecule has 0 atom stereocenters. The Balaban J connectivity index is 2.22. The minimum absolute atomic E-state index is 0.0361. The monoisotopic (exact) mass is 220 g/mol. The molecule has 0 unspecified atom stereocenters. The van der Waals surface area contributed by atoms with Gasteiger partial charge in [-0.25, -0.2) is 0 Å². The molecule has 15 heavy (non-hydrogen) atoms. The van der Waals surface area contributed by atoms with Crippen LogP contribution in [-0.2, 0) is 0 Å². The molecule has 1 aromatic carbocycles. The van der Waals surface area contributed by atoms with Crippen LogP contribution in [0.4, 0.5) is 10.8 Å². The summed E-state index contributed by atoms with van der Waals surface area (Å²) in [5.41, 5.74) is 1.47. The van der Waals surface area contributed by atoms with Crippen LogP contribution in [0.5, 0.6) is 0 Å². The van der Waals surface area contributed by atoms with Crippen LogP contribution in [0.25, 0.3) is 0 Å². The van der Waals surface area contributed by atoms with Gasteiger partial charge in [-0.3, -0.25) is 4.79 Å². The molecule has 0 aliphatic carbocycles. The molecule has 0 fully saturated rings. The van der Waals surface area contributed by atoms with Gasteiger partial charge in [-0.15, -0.1) is 0 Å². The molecule has 0 aliphatic rings. The Kier molecular flexibility index (Phi) is 2.68. The van der Waals surface area contributed by atoms with Gasteiger partial charge in [-0.2, -0.15) is 0 Å². The third kappa shape index (κ3) is 2.35. The molecule has 0 radical (unpaired) electrons. The Morgan fingerprint density at radius 3 is 3.00 bits per heavy atom. The molecule has 2 rings (SSSR count). The number of nitrogens with zero attached hydrogens (tertiary/aromatic N) is 3. The van der Waals surface area contributed by atoms with Gasteiger partial charge in [0.25, 0.3) is 0 Å². The zero-order chi connectivity index (χ0) is 10.7. The van der Waals surface area contributed by atoms with Crippen LogP contribution in [0.3, 0.4) is 0 Å². The first kappa shape index (κ1) is 9.72. The van der Waals surface area contributed by atoms with E-state index in [2.05, 4.69) is 20.1 Å². The van der Waals surface area contributed by atoms with Crippen LogP contribution in [-0.4, -0.2) is 20.6 Å². The molecule has 2 aromatic rings. The van der Waals surface area contributed by atoms with Crippen molar-refractivity contribution in [2.24, 2.45) is 0 Å². The number of hydrogen-bond acceptors (Lipinski definition) is 6. The lowest BCUT2D eigenvalue weighted by atomic mass is 10.1. The number of aromatic nitrogens is 3. The highest BCUT2D eigenvalue weighted by Crippen LogP contribution is 2.17. The second kappa shape index (κ2) is 4.14. The quantitative estimate of drug-likeness (QED) is 0.800. The maximum Gasteiger partial charge on any atom is 0.229 e. The lowest BCUT2D eigenvalue weighted by Gasteiger charge is -2.02. The number of Topliss-reactive ketones (excluding diaryl/α,β-unsaturated/α-hetero) is 1. The van der Waals surface area contributed by atoms with Crippen LogP contribution in [0.2, 0.25) is 0 Å². The lowest BCUT2D eigenvalue weighted by Crippen LogP contribution is -1.94. The fourth-order valence-electron chi connectivity index (χ4n) is 1.12. The van der Waals surface area contributed by atoms with Gasteiger partial charge in [0.2, 0.25) is 5.13 Å². The normalized spacial score (nSPS) is 9.93. The smallest absolute Gasteiger partial charge is 0.229 e. The average Bonchev–Trinajstić information content (AvgIpc) is 2.71. The average molecular weight is 220 g/mol. The topological polar surface area (TPSA) is 67.8 Å². The minimum atomic E-state index is 0.0361. The number of carbonyl (C=O) groups is 1. The van der Waals surface area contributed by atoms with Gasteiger partial charge in [0.1, 0.15) is 0 Å². The second-order valence-electron chi connectivity index (χ2n) is 2.93. The third-order valence-electron chi connectivity index (χ3n) is 1.82. The summed E-state index contributed by atoms with van der Waals surface area (Å²) in [5.74, 6) is 0.0361. The van der Waals surface area contributed by atoms with E-state index in [-0.39, 0.29) is 5.78 Å². The van der Waals surface area contributed by atoms with E-state index in [0.29, 0.717) is 10.7 Å². The van der Waals surface area contributed by atoms with Crippen LogP contribution in [0.1, 0.15) is 17.3 Å². The molecule has 0 bridgehead atoms. The standard InChI is InChI=1S/C9H8N4OS/c1-6(14)7-3-2-4-8(5-7)10-9-11-12-13-15-9/h2-5H,1H3,(H,10,11,13). The van der Waals surface area contributed by atoms with Crippen molar-refractivity contribution in [3.05, 3.63) is 29.8 Å². The van der Waals surface area contributed by atoms with Crippen molar-refractivity contribution in [2.45, 2.75) is 6.92 Å². The first-order valence-corrected chi connectivity index (χ1v) is 5.06. The summed E-state index contributed by atoms with van der Waals surface area (Å²) in [5, 5.41) is 10.8. The molecule has 0 saturated heterocycles. The fraction of sp³-hybridized carbons (Fsp3) is 0.111. The lowest BCUT2D eigenvalue weighted by molar-refractivity contribution is 0.101. The zero-order valence-corrected chi connectivity index (χ0v) is 8.78. The van der Waals surface area contributed by atoms with Gasteiger partial charge < -0.3 is 5.32 Å². The number of carbonyl (C=O) groups excluding carboxylic acids is 1. The molecule has 0 amide bonds. The minimum Gasteiger partial charge on any atom is -0.329 e. The summed E-state index contributed by atoms with van der Waals surface area (Å²) in [6.45, 7) is 1.53. The highest BCUT2D eigenvalue weighted by Gasteiger charge is 2.02. The summed E-state index contributed by atoms with van der Waals surface area (Å²) in [4.78, 5) is 11.1. The Morgan fingerprint density at radius 1 is 1.47 bits per heavy atom. The fourth-order valence-corrected chi connectivity index (χ4v) is 1.51. The Hall–Kier alpha value is -1.82. The van der Waals surface area contributed by atoms with Crippen LogP contribution in [0.15, 0.2) is 24.3 Å². The molecule has 5 nitrogen and oxygen atoms in total. The van der Waals surface area contributed by atoms with Crippen LogP contribution >= 0.6 is 11.5 Å². The molecular formula is C9H8N4OS. The summed E-state index contributed by atoms with van der Waals surface area (Å²) < 4.78 is 3.63. The van der Waals surface area contributed by atoms with Gasteiger partial charge in [0, 0.05) is 22.8 Å². The highest BCUT2D eigenvalue weighted by atomic mass is 32.1. The molecule has 0 spiro atoms. The Labute approximate surface area is 90.3 Å². The number of ketones is 1. The van der Waals surface area contributed by atoms with Gasteiger partial charge in [0.15, 0.2) is 5.78 Å². The summed E-state index contributed by atoms with van der Waals surface area (Å²) >= 11 is 1.16. The van der Waals surface area contributed by atoms with Gasteiger partial charge >= 0.3 is 0 Å². The zero-order valence-electron chi connectivity index (χ0n) is 7.97. The van der Waals surface area contributed by atoms with E-state index in [1.54, 1.807) is 12.1 Å². The van der Waals surface area contributed by atoms with Gasteiger partial charge in [0.05, 0.1) is 0 Å². The number of anilines is 2. The van der Waals surface area contributed by atoms with Gasteiger partial charge in [-0.05, 0) is 24.3 Å². The van der Waals surface area contributed by atoms with E-state index < -0.39 is 0 Å². The first-order valence-electron chi connectivity index (χ1n) is 4.29. The Bertz CT molecular complexity index is 469. The molecule has 6 heteroatoms. The summed E-state index contributed by atoms with van der Waals surface area (Å²) in [6, 6.07) is 7.21. The predicted molar refractivity (Wildman–Crippen MR) is 57.4 cm³/mol. The van der Waals surface area contributed by atoms with E-state index in [9.17, 15) is 4.79 Å². The molecular weight excluding hydrogens is 212 g/mol. The van der Waals surface area contributed by atoms with Crippen molar-refractivity contribution in [3.63, 3.8) is 0 Å². The molecule has 76 valence electrons. The Morgan fingerprint density at radius 2 is 2.33 bits per heavy atom. The van der Waals surface area contributed by atoms with Crippen LogP contribution < -0.4 is 5.32 Å². The van der Waals surface area contributed by atoms with Crippen molar-refractivity contribution in [2.75, 3.05) is 5.32 Å². The molecule has 1 aromatic heterocycles. The predicted octanol–water partition coefficient (Wildman–Crippen LogP) is 1.88. The maximum atomic E-state index is 11.1. The van der Waals surface area contributed by atoms with Gasteiger partial charge in [-0.1, -0.05) is 21.7 Å². The van der Waals surface area contributed by atoms with E-state index in [1.807, 2.05) is 12.1 Å². The van der Waals surface area contributed by atoms with Crippen molar-refractivity contribution in [1.29, 1.82) is 0 Å². The number of rotatable bonds is 3. The second-order valence-corrected chi connectivity index (χ2v) is 3.66. The van der Waals surface area contributed by atoms with Crippen LogP contribution in [0, 0.1) is 0 Å². The largest absolute Gasteiger partial charge is 0.329 e. The highest BCUT2D eigenvalue weighted by molar-refractivity contribution is 7.09. The summed E-state index contributed by atoms with van der Waals surface area (Å²) in [7, 11) is 0. The molecule has 0 aliphatic heterocycles. The van der Waals surface area contributed by atoms with Crippen molar-refractivity contribution in [1.82, 2.24) is 14.8 Å². The van der Waals surface area contributed by atoms with E-state index in [1.165, 1.54) is 6.92 Å². The number of hydrogen-bond donors (Lipinski definition) is 1. The van der Waals surface area contributed by atoms with E-state index in [4.69, 9.17) is 0 Å². The maximum absolute atomic E-state index is 11.1. The SMILES string of the molecule is CC(=O)c1cccc(Nc2nnns2)c1. The van der Waals surface area contributed by atoms with Crippen molar-refractivity contribution < 1.29 is 4.79 Å². The molecule has 0 saturated carbocycles. The van der Waals surface area contributed by atoms with E-state index >= 15 is 0 Å². The molecule has 1 N–H and O–H groups in total. The third-order valence-corrected chi connectivity index (χ3v) is 2.33. The van der Waals surface area contributed by atoms with Crippen molar-refractivity contribution >= 4 is 28.1 Å². The number of nitrogens with one attached hydrogen (secondary N) is 1. The van der Waals surface area contributed by atoms with Crippen molar-refractivity contribution in [3.8, 4) is 0 Å².